The van der Waals surface area contributed by atoms with E-state index in [1.165, 1.54) is 5.57 Å². The van der Waals surface area contributed by atoms with Gasteiger partial charge in [-0.3, -0.25) is 0 Å². The van der Waals surface area contributed by atoms with Gasteiger partial charge in [0.25, 0.3) is 0 Å². The average Bonchev–Trinajstić information content (AvgIpc) is 2.15. The second-order valence-electron chi connectivity index (χ2n) is 5.21. The van der Waals surface area contributed by atoms with Crippen LogP contribution in [0.2, 0.25) is 0 Å². The first-order valence-corrected chi connectivity index (χ1v) is 5.97. The van der Waals surface area contributed by atoms with Crippen LogP contribution in [0.25, 0.3) is 0 Å². The summed E-state index contributed by atoms with van der Waals surface area (Å²) < 4.78 is 5.69. The van der Waals surface area contributed by atoms with Crippen LogP contribution in [0, 0.1) is 5.41 Å². The van der Waals surface area contributed by atoms with E-state index in [4.69, 9.17) is 4.74 Å². The molecule has 2 nitrogen and oxygen atoms in total. The second-order valence-corrected chi connectivity index (χ2v) is 5.21. The lowest BCUT2D eigenvalue weighted by atomic mass is 9.64. The molecule has 0 aromatic carbocycles. The third kappa shape index (κ3) is 3.05. The van der Waals surface area contributed by atoms with Gasteiger partial charge in [-0.2, -0.15) is 0 Å². The molecule has 0 heterocycles. The van der Waals surface area contributed by atoms with E-state index in [1.807, 2.05) is 0 Å². The highest BCUT2D eigenvalue weighted by atomic mass is 16.5. The van der Waals surface area contributed by atoms with Crippen molar-refractivity contribution in [1.29, 1.82) is 0 Å². The predicted molar refractivity (Wildman–Crippen MR) is 65.0 cm³/mol. The fraction of sp³-hybridized carbons (Fsp3) is 0.846. The van der Waals surface area contributed by atoms with Crippen LogP contribution in [0.3, 0.4) is 0 Å². The van der Waals surface area contributed by atoms with Crippen molar-refractivity contribution >= 4 is 0 Å². The summed E-state index contributed by atoms with van der Waals surface area (Å²) in [5.41, 5.74) is 1.53. The summed E-state index contributed by atoms with van der Waals surface area (Å²) in [5.74, 6) is 0. The summed E-state index contributed by atoms with van der Waals surface area (Å²) in [6.07, 6.45) is 2.66. The van der Waals surface area contributed by atoms with Crippen molar-refractivity contribution in [2.75, 3.05) is 13.2 Å². The van der Waals surface area contributed by atoms with Crippen LogP contribution in [0.1, 0.15) is 40.5 Å². The van der Waals surface area contributed by atoms with Crippen molar-refractivity contribution < 1.29 is 4.74 Å². The molecule has 2 unspecified atom stereocenters. The van der Waals surface area contributed by atoms with Crippen molar-refractivity contribution in [3.05, 3.63) is 12.2 Å². The van der Waals surface area contributed by atoms with Crippen LogP contribution >= 0.6 is 0 Å². The van der Waals surface area contributed by atoms with Crippen LogP contribution in [0.15, 0.2) is 12.2 Å². The highest BCUT2D eigenvalue weighted by Gasteiger charge is 2.48. The fourth-order valence-electron chi connectivity index (χ4n) is 2.18. The molecule has 88 valence electrons. The molecule has 0 aromatic rings. The SMILES string of the molecule is C=C(C)CCNC1CC(OCC)C1(C)C. The largest absolute Gasteiger partial charge is 0.378 e. The Morgan fingerprint density at radius 3 is 2.67 bits per heavy atom. The van der Waals surface area contributed by atoms with Gasteiger partial charge in [-0.25, -0.2) is 0 Å². The van der Waals surface area contributed by atoms with Gasteiger partial charge in [-0.1, -0.05) is 19.4 Å². The molecule has 1 rings (SSSR count). The molecule has 0 bridgehead atoms. The molecule has 15 heavy (non-hydrogen) atoms. The Hall–Kier alpha value is -0.340. The van der Waals surface area contributed by atoms with Gasteiger partial charge < -0.3 is 10.1 Å². The molecule has 1 N–H and O–H groups in total. The van der Waals surface area contributed by atoms with Crippen molar-refractivity contribution in [2.24, 2.45) is 5.41 Å². The highest BCUT2D eigenvalue weighted by molar-refractivity contribution is 5.03. The van der Waals surface area contributed by atoms with Crippen LogP contribution in [0.5, 0.6) is 0 Å². The third-order valence-corrected chi connectivity index (χ3v) is 3.49. The van der Waals surface area contributed by atoms with E-state index in [-0.39, 0.29) is 5.41 Å². The normalized spacial score (nSPS) is 28.5. The molecule has 0 spiro atoms. The van der Waals surface area contributed by atoms with Crippen LogP contribution in [0.4, 0.5) is 0 Å². The summed E-state index contributed by atoms with van der Waals surface area (Å²) in [7, 11) is 0. The van der Waals surface area contributed by atoms with Gasteiger partial charge in [0.1, 0.15) is 0 Å². The molecule has 0 radical (unpaired) electrons. The molecular weight excluding hydrogens is 186 g/mol. The van der Waals surface area contributed by atoms with Gasteiger partial charge in [0.2, 0.25) is 0 Å². The highest BCUT2D eigenvalue weighted by Crippen LogP contribution is 2.42. The van der Waals surface area contributed by atoms with Crippen LogP contribution in [-0.4, -0.2) is 25.3 Å². The lowest BCUT2D eigenvalue weighted by Gasteiger charge is -2.52. The van der Waals surface area contributed by atoms with E-state index < -0.39 is 0 Å². The monoisotopic (exact) mass is 211 g/mol. The molecule has 2 heteroatoms. The maximum absolute atomic E-state index is 5.69. The second kappa shape index (κ2) is 5.13. The molecule has 1 aliphatic carbocycles. The quantitative estimate of drug-likeness (QED) is 0.682. The first kappa shape index (κ1) is 12.7. The van der Waals surface area contributed by atoms with Gasteiger partial charge in [0.15, 0.2) is 0 Å². The van der Waals surface area contributed by atoms with E-state index >= 15 is 0 Å². The summed E-state index contributed by atoms with van der Waals surface area (Å²) >= 11 is 0. The Kier molecular flexibility index (Phi) is 4.35. The minimum Gasteiger partial charge on any atom is -0.378 e. The minimum atomic E-state index is 0.283. The first-order chi connectivity index (χ1) is 6.98. The zero-order valence-corrected chi connectivity index (χ0v) is 10.6. The van der Waals surface area contributed by atoms with Gasteiger partial charge >= 0.3 is 0 Å². The fourth-order valence-corrected chi connectivity index (χ4v) is 2.18. The van der Waals surface area contributed by atoms with Crippen molar-refractivity contribution in [3.8, 4) is 0 Å². The molecule has 0 aromatic heterocycles. The van der Waals surface area contributed by atoms with E-state index in [2.05, 4.69) is 39.6 Å². The van der Waals surface area contributed by atoms with Crippen LogP contribution < -0.4 is 5.32 Å². The standard InChI is InChI=1S/C13H25NO/c1-6-15-12-9-11(13(12,4)5)14-8-7-10(2)3/h11-12,14H,2,6-9H2,1,3-5H3. The zero-order chi connectivity index (χ0) is 11.5. The summed E-state index contributed by atoms with van der Waals surface area (Å²) in [6, 6.07) is 0.605. The van der Waals surface area contributed by atoms with Gasteiger partial charge in [-0.15, -0.1) is 6.58 Å². The number of ether oxygens (including phenoxy) is 1. The summed E-state index contributed by atoms with van der Waals surface area (Å²) in [4.78, 5) is 0. The molecular formula is C13H25NO. The Bertz CT molecular complexity index is 223. The molecule has 0 aliphatic heterocycles. The van der Waals surface area contributed by atoms with Crippen molar-refractivity contribution in [1.82, 2.24) is 5.32 Å². The Morgan fingerprint density at radius 1 is 1.53 bits per heavy atom. The maximum atomic E-state index is 5.69. The molecule has 0 saturated heterocycles. The Labute approximate surface area is 94.1 Å². The number of nitrogens with one attached hydrogen (secondary N) is 1. The number of hydrogen-bond donors (Lipinski definition) is 1. The number of hydrogen-bond acceptors (Lipinski definition) is 2. The third-order valence-electron chi connectivity index (χ3n) is 3.49. The van der Waals surface area contributed by atoms with Gasteiger partial charge in [-0.05, 0) is 33.2 Å². The van der Waals surface area contributed by atoms with Crippen molar-refractivity contribution in [2.45, 2.75) is 52.7 Å². The van der Waals surface area contributed by atoms with E-state index in [1.54, 1.807) is 0 Å². The van der Waals surface area contributed by atoms with E-state index in [0.717, 1.165) is 26.0 Å². The Morgan fingerprint density at radius 2 is 2.20 bits per heavy atom. The van der Waals surface area contributed by atoms with Gasteiger partial charge in [0, 0.05) is 18.1 Å². The predicted octanol–water partition coefficient (Wildman–Crippen LogP) is 2.75. The lowest BCUT2D eigenvalue weighted by molar-refractivity contribution is -0.113. The molecule has 1 saturated carbocycles. The zero-order valence-electron chi connectivity index (χ0n) is 10.6. The molecule has 1 fully saturated rings. The number of rotatable bonds is 6. The molecule has 1 aliphatic rings. The lowest BCUT2D eigenvalue weighted by Crippen LogP contribution is -2.61. The topological polar surface area (TPSA) is 21.3 Å². The molecule has 2 atom stereocenters. The van der Waals surface area contributed by atoms with E-state index in [9.17, 15) is 0 Å². The Balaban J connectivity index is 2.26. The minimum absolute atomic E-state index is 0.283. The van der Waals surface area contributed by atoms with Crippen LogP contribution in [-0.2, 0) is 4.74 Å². The van der Waals surface area contributed by atoms with E-state index in [0.29, 0.717) is 12.1 Å². The van der Waals surface area contributed by atoms with Crippen molar-refractivity contribution in [3.63, 3.8) is 0 Å². The van der Waals surface area contributed by atoms with Gasteiger partial charge in [0.05, 0.1) is 6.10 Å². The smallest absolute Gasteiger partial charge is 0.0655 e. The average molecular weight is 211 g/mol. The first-order valence-electron chi connectivity index (χ1n) is 5.97. The maximum Gasteiger partial charge on any atom is 0.0655 e. The summed E-state index contributed by atoms with van der Waals surface area (Å²) in [5, 5.41) is 3.59. The summed E-state index contributed by atoms with van der Waals surface area (Å²) in [6.45, 7) is 14.5. The molecule has 0 amide bonds.